The maximum atomic E-state index is 6.34. The van der Waals surface area contributed by atoms with Crippen molar-refractivity contribution in [2.45, 2.75) is 0 Å². The fourth-order valence-corrected chi connectivity index (χ4v) is 4.86. The molecule has 0 bridgehead atoms. The van der Waals surface area contributed by atoms with Crippen molar-refractivity contribution in [2.24, 2.45) is 0 Å². The molecule has 4 aromatic carbocycles. The third-order valence-electron chi connectivity index (χ3n) is 6.40. The number of benzene rings is 4. The first-order valence-corrected chi connectivity index (χ1v) is 11.0. The average Bonchev–Trinajstić information content (AvgIpc) is 3.27. The summed E-state index contributed by atoms with van der Waals surface area (Å²) in [5, 5.41) is 5.74. The molecular weight excluding hydrogens is 404 g/mol. The SMILES string of the molecule is c1cncc(-c2ccc(-c3cc4oc5ccccc5c4c4c3cnc3ccccc34)cc2)c1. The Bertz CT molecular complexity index is 1800. The van der Waals surface area contributed by atoms with Crippen molar-refractivity contribution in [3.05, 3.63) is 110 Å². The van der Waals surface area contributed by atoms with Gasteiger partial charge in [0.05, 0.1) is 5.52 Å². The van der Waals surface area contributed by atoms with Crippen molar-refractivity contribution in [3.8, 4) is 22.3 Å². The molecule has 0 radical (unpaired) electrons. The Morgan fingerprint density at radius 2 is 1.33 bits per heavy atom. The van der Waals surface area contributed by atoms with E-state index in [1.165, 1.54) is 5.39 Å². The first-order valence-electron chi connectivity index (χ1n) is 11.0. The number of hydrogen-bond donors (Lipinski definition) is 0. The Hall–Kier alpha value is -4.50. The first kappa shape index (κ1) is 18.1. The highest BCUT2D eigenvalue weighted by Gasteiger charge is 2.17. The van der Waals surface area contributed by atoms with Gasteiger partial charge in [-0.15, -0.1) is 0 Å². The normalized spacial score (nSPS) is 11.6. The summed E-state index contributed by atoms with van der Waals surface area (Å²) in [6.07, 6.45) is 5.69. The van der Waals surface area contributed by atoms with E-state index in [0.717, 1.165) is 60.5 Å². The van der Waals surface area contributed by atoms with Gasteiger partial charge < -0.3 is 4.42 Å². The zero-order valence-corrected chi connectivity index (χ0v) is 17.7. The van der Waals surface area contributed by atoms with Crippen molar-refractivity contribution in [1.82, 2.24) is 9.97 Å². The van der Waals surface area contributed by atoms with E-state index in [4.69, 9.17) is 9.40 Å². The molecule has 7 aromatic rings. The number of nitrogens with zero attached hydrogens (tertiary/aromatic N) is 2. The lowest BCUT2D eigenvalue weighted by atomic mass is 9.93. The van der Waals surface area contributed by atoms with E-state index in [1.54, 1.807) is 6.20 Å². The number of fused-ring (bicyclic) bond motifs is 7. The molecule has 0 fully saturated rings. The summed E-state index contributed by atoms with van der Waals surface area (Å²) in [5.41, 5.74) is 7.28. The first-order chi connectivity index (χ1) is 16.4. The number of pyridine rings is 2. The van der Waals surface area contributed by atoms with Crippen molar-refractivity contribution >= 4 is 43.6 Å². The van der Waals surface area contributed by atoms with Gasteiger partial charge in [-0.05, 0) is 46.5 Å². The summed E-state index contributed by atoms with van der Waals surface area (Å²) in [4.78, 5) is 9.04. The van der Waals surface area contributed by atoms with E-state index in [2.05, 4.69) is 71.7 Å². The molecule has 0 unspecified atom stereocenters. The summed E-state index contributed by atoms with van der Waals surface area (Å²) >= 11 is 0. The minimum absolute atomic E-state index is 0.895. The molecule has 0 atom stereocenters. The number of para-hydroxylation sites is 2. The monoisotopic (exact) mass is 422 g/mol. The molecular formula is C30H18N2O. The molecule has 0 saturated heterocycles. The molecule has 3 nitrogen and oxygen atoms in total. The third kappa shape index (κ3) is 2.76. The Morgan fingerprint density at radius 3 is 2.18 bits per heavy atom. The summed E-state index contributed by atoms with van der Waals surface area (Å²) < 4.78 is 6.34. The van der Waals surface area contributed by atoms with Crippen molar-refractivity contribution in [2.75, 3.05) is 0 Å². The Morgan fingerprint density at radius 1 is 0.545 bits per heavy atom. The van der Waals surface area contributed by atoms with E-state index in [1.807, 2.05) is 36.7 Å². The zero-order valence-electron chi connectivity index (χ0n) is 17.7. The number of rotatable bonds is 2. The molecule has 0 aliphatic rings. The lowest BCUT2D eigenvalue weighted by Gasteiger charge is -2.11. The second-order valence-electron chi connectivity index (χ2n) is 8.28. The number of furan rings is 1. The molecule has 0 N–H and O–H groups in total. The lowest BCUT2D eigenvalue weighted by Crippen LogP contribution is -1.88. The second-order valence-corrected chi connectivity index (χ2v) is 8.28. The van der Waals surface area contributed by atoms with Gasteiger partial charge in [0, 0.05) is 45.5 Å². The van der Waals surface area contributed by atoms with Gasteiger partial charge in [0.25, 0.3) is 0 Å². The largest absolute Gasteiger partial charge is 0.456 e. The average molecular weight is 422 g/mol. The van der Waals surface area contributed by atoms with Crippen LogP contribution in [0.1, 0.15) is 0 Å². The minimum atomic E-state index is 0.895. The second kappa shape index (κ2) is 7.01. The van der Waals surface area contributed by atoms with E-state index < -0.39 is 0 Å². The van der Waals surface area contributed by atoms with Crippen LogP contribution in [-0.4, -0.2) is 9.97 Å². The molecule has 3 heteroatoms. The van der Waals surface area contributed by atoms with Gasteiger partial charge in [0.15, 0.2) is 0 Å². The van der Waals surface area contributed by atoms with Gasteiger partial charge in [-0.3, -0.25) is 9.97 Å². The van der Waals surface area contributed by atoms with Crippen LogP contribution in [0.4, 0.5) is 0 Å². The molecule has 0 aliphatic carbocycles. The molecule has 0 spiro atoms. The summed E-state index contributed by atoms with van der Waals surface area (Å²) in [7, 11) is 0. The summed E-state index contributed by atoms with van der Waals surface area (Å²) in [6, 6.07) is 31.4. The Labute approximate surface area is 190 Å². The van der Waals surface area contributed by atoms with Crippen LogP contribution >= 0.6 is 0 Å². The van der Waals surface area contributed by atoms with Gasteiger partial charge in [0.1, 0.15) is 11.2 Å². The van der Waals surface area contributed by atoms with Crippen LogP contribution in [0.3, 0.4) is 0 Å². The van der Waals surface area contributed by atoms with Crippen molar-refractivity contribution < 1.29 is 4.42 Å². The quantitative estimate of drug-likeness (QED) is 0.265. The van der Waals surface area contributed by atoms with Gasteiger partial charge in [-0.25, -0.2) is 0 Å². The van der Waals surface area contributed by atoms with E-state index in [0.29, 0.717) is 0 Å². The summed E-state index contributed by atoms with van der Waals surface area (Å²) in [5.74, 6) is 0. The fourth-order valence-electron chi connectivity index (χ4n) is 4.86. The predicted molar refractivity (Wildman–Crippen MR) is 135 cm³/mol. The van der Waals surface area contributed by atoms with Gasteiger partial charge in [-0.2, -0.15) is 0 Å². The highest BCUT2D eigenvalue weighted by atomic mass is 16.3. The zero-order chi connectivity index (χ0) is 21.8. The van der Waals surface area contributed by atoms with E-state index in [9.17, 15) is 0 Å². The topological polar surface area (TPSA) is 38.9 Å². The maximum Gasteiger partial charge on any atom is 0.136 e. The molecule has 7 rings (SSSR count). The molecule has 0 aliphatic heterocycles. The summed E-state index contributed by atoms with van der Waals surface area (Å²) in [6.45, 7) is 0. The lowest BCUT2D eigenvalue weighted by molar-refractivity contribution is 0.669. The molecule has 0 saturated carbocycles. The number of aromatic nitrogens is 2. The van der Waals surface area contributed by atoms with Crippen molar-refractivity contribution in [1.29, 1.82) is 0 Å². The molecule has 3 heterocycles. The van der Waals surface area contributed by atoms with Crippen LogP contribution in [0.25, 0.3) is 65.9 Å². The highest BCUT2D eigenvalue weighted by molar-refractivity contribution is 6.28. The van der Waals surface area contributed by atoms with E-state index in [-0.39, 0.29) is 0 Å². The number of hydrogen-bond acceptors (Lipinski definition) is 3. The van der Waals surface area contributed by atoms with Crippen LogP contribution in [-0.2, 0) is 0 Å². The van der Waals surface area contributed by atoms with Crippen LogP contribution in [0.15, 0.2) is 114 Å². The minimum Gasteiger partial charge on any atom is -0.456 e. The van der Waals surface area contributed by atoms with Crippen LogP contribution in [0.5, 0.6) is 0 Å². The molecule has 3 aromatic heterocycles. The van der Waals surface area contributed by atoms with Gasteiger partial charge >= 0.3 is 0 Å². The standard InChI is InChI=1S/C30H18N2O/c1-3-9-26-22(7-1)29-25(18-32-26)24(16-28-30(29)23-8-2-4-10-27(23)33-28)20-13-11-19(12-14-20)21-6-5-15-31-17-21/h1-18H. The van der Waals surface area contributed by atoms with Gasteiger partial charge in [-0.1, -0.05) is 66.7 Å². The fraction of sp³-hybridized carbons (Fsp3) is 0. The molecule has 154 valence electrons. The molecule has 0 amide bonds. The Balaban J connectivity index is 1.56. The maximum absolute atomic E-state index is 6.34. The van der Waals surface area contributed by atoms with Gasteiger partial charge in [0.2, 0.25) is 0 Å². The third-order valence-corrected chi connectivity index (χ3v) is 6.40. The highest BCUT2D eigenvalue weighted by Crippen LogP contribution is 2.42. The van der Waals surface area contributed by atoms with Crippen LogP contribution < -0.4 is 0 Å². The van der Waals surface area contributed by atoms with Crippen LogP contribution in [0.2, 0.25) is 0 Å². The van der Waals surface area contributed by atoms with Crippen molar-refractivity contribution in [3.63, 3.8) is 0 Å². The molecule has 33 heavy (non-hydrogen) atoms. The Kier molecular flexibility index (Phi) is 3.84. The predicted octanol–water partition coefficient (Wildman–Crippen LogP) is 8.02. The van der Waals surface area contributed by atoms with Crippen LogP contribution in [0, 0.1) is 0 Å². The smallest absolute Gasteiger partial charge is 0.136 e. The van der Waals surface area contributed by atoms with E-state index >= 15 is 0 Å².